The van der Waals surface area contributed by atoms with Crippen LogP contribution in [-0.2, 0) is 9.59 Å². The highest BCUT2D eigenvalue weighted by Gasteiger charge is 2.48. The monoisotopic (exact) mass is 521 g/mol. The number of nitrogens with zero attached hydrogens (tertiary/aromatic N) is 3. The Bertz CT molecular complexity index is 1560. The van der Waals surface area contributed by atoms with Gasteiger partial charge in [-0.3, -0.25) is 24.6 Å². The summed E-state index contributed by atoms with van der Waals surface area (Å²) < 4.78 is 5.99. The van der Waals surface area contributed by atoms with Crippen molar-refractivity contribution in [3.63, 3.8) is 0 Å². The van der Waals surface area contributed by atoms with E-state index in [4.69, 9.17) is 16.3 Å². The van der Waals surface area contributed by atoms with E-state index in [0.29, 0.717) is 27.4 Å². The van der Waals surface area contributed by atoms with Crippen LogP contribution in [0.2, 0.25) is 5.02 Å². The van der Waals surface area contributed by atoms with E-state index in [0.717, 1.165) is 4.70 Å². The Labute approximate surface area is 213 Å². The second-order valence-corrected chi connectivity index (χ2v) is 9.30. The number of hydrogen-bond donors (Lipinski definition) is 1. The van der Waals surface area contributed by atoms with E-state index in [1.165, 1.54) is 59.7 Å². The molecule has 0 radical (unpaired) electrons. The Morgan fingerprint density at radius 3 is 2.44 bits per heavy atom. The van der Waals surface area contributed by atoms with Crippen molar-refractivity contribution >= 4 is 61.4 Å². The Hall–Kier alpha value is -4.28. The van der Waals surface area contributed by atoms with Crippen molar-refractivity contribution in [2.24, 2.45) is 0 Å². The number of halogens is 1. The highest BCUT2D eigenvalue weighted by Crippen LogP contribution is 2.45. The zero-order chi connectivity index (χ0) is 25.6. The molecule has 3 aromatic carbocycles. The van der Waals surface area contributed by atoms with Gasteiger partial charge in [0.05, 0.1) is 33.9 Å². The number of anilines is 1. The number of rotatable bonds is 5. The molecular weight excluding hydrogens is 506 g/mol. The first-order valence-electron chi connectivity index (χ1n) is 10.5. The van der Waals surface area contributed by atoms with Gasteiger partial charge in [-0.05, 0) is 60.2 Å². The Morgan fingerprint density at radius 1 is 1.11 bits per heavy atom. The number of carbonyl (C=O) groups excluding carboxylic acids is 2. The van der Waals surface area contributed by atoms with Gasteiger partial charge >= 0.3 is 5.91 Å². The molecular formula is C25H16ClN3O6S. The van der Waals surface area contributed by atoms with Gasteiger partial charge in [0.1, 0.15) is 11.5 Å². The molecule has 2 heterocycles. The normalized spacial score (nSPS) is 17.1. The number of nitro benzene ring substituents is 1. The van der Waals surface area contributed by atoms with Crippen LogP contribution in [0.3, 0.4) is 0 Å². The van der Waals surface area contributed by atoms with Gasteiger partial charge in [-0.2, -0.15) is 0 Å². The van der Waals surface area contributed by atoms with Crippen LogP contribution in [0.25, 0.3) is 16.0 Å². The fraction of sp³-hybridized carbons (Fsp3) is 0.0800. The zero-order valence-corrected chi connectivity index (χ0v) is 20.1. The number of nitro groups is 1. The van der Waals surface area contributed by atoms with Crippen LogP contribution in [0.15, 0.2) is 72.3 Å². The first-order chi connectivity index (χ1) is 17.3. The molecule has 4 aromatic rings. The van der Waals surface area contributed by atoms with E-state index in [2.05, 4.69) is 4.98 Å². The number of ketones is 1. The Balaban J connectivity index is 1.71. The molecule has 1 amide bonds. The second kappa shape index (κ2) is 9.06. The molecule has 1 saturated heterocycles. The molecule has 36 heavy (non-hydrogen) atoms. The number of non-ortho nitro benzene ring substituents is 1. The van der Waals surface area contributed by atoms with Crippen molar-refractivity contribution in [1.29, 1.82) is 0 Å². The lowest BCUT2D eigenvalue weighted by Gasteiger charge is -2.22. The van der Waals surface area contributed by atoms with Crippen LogP contribution in [0.1, 0.15) is 17.2 Å². The topological polar surface area (TPSA) is 123 Å². The lowest BCUT2D eigenvalue weighted by molar-refractivity contribution is -0.384. The number of hydrogen-bond acceptors (Lipinski definition) is 8. The number of methoxy groups -OCH3 is 1. The van der Waals surface area contributed by atoms with Crippen LogP contribution in [0.5, 0.6) is 5.75 Å². The van der Waals surface area contributed by atoms with Crippen molar-refractivity contribution in [3.8, 4) is 5.75 Å². The van der Waals surface area contributed by atoms with E-state index in [-0.39, 0.29) is 16.4 Å². The predicted octanol–water partition coefficient (Wildman–Crippen LogP) is 5.49. The molecule has 0 saturated carbocycles. The van der Waals surface area contributed by atoms with E-state index in [1.807, 2.05) is 0 Å². The molecule has 0 aliphatic carbocycles. The summed E-state index contributed by atoms with van der Waals surface area (Å²) in [7, 11) is 1.53. The Morgan fingerprint density at radius 2 is 1.81 bits per heavy atom. The largest absolute Gasteiger partial charge is 0.507 e. The predicted molar refractivity (Wildman–Crippen MR) is 136 cm³/mol. The maximum atomic E-state index is 13.3. The number of Topliss-reactive ketones (excluding diaryl/α,β-unsaturated/α-hetero) is 1. The smallest absolute Gasteiger partial charge is 0.301 e. The van der Waals surface area contributed by atoms with E-state index in [1.54, 1.807) is 30.3 Å². The lowest BCUT2D eigenvalue weighted by atomic mass is 9.95. The SMILES string of the molecule is COc1ccc2nc(N3C(=O)C(=O)C(=C(O)c4ccc(Cl)cc4)[C@@H]3c3ccc([N+](=O)[O-])cc3)sc2c1. The first-order valence-corrected chi connectivity index (χ1v) is 11.7. The first kappa shape index (κ1) is 23.5. The van der Waals surface area contributed by atoms with Gasteiger partial charge in [0.25, 0.3) is 11.5 Å². The highest BCUT2D eigenvalue weighted by molar-refractivity contribution is 7.22. The van der Waals surface area contributed by atoms with Gasteiger partial charge in [0.15, 0.2) is 5.13 Å². The fourth-order valence-corrected chi connectivity index (χ4v) is 5.16. The van der Waals surface area contributed by atoms with E-state index >= 15 is 0 Å². The highest BCUT2D eigenvalue weighted by atomic mass is 35.5. The third-order valence-corrected chi connectivity index (χ3v) is 7.04. The molecule has 1 N–H and O–H groups in total. The number of fused-ring (bicyclic) bond motifs is 1. The second-order valence-electron chi connectivity index (χ2n) is 7.85. The summed E-state index contributed by atoms with van der Waals surface area (Å²) in [5.41, 5.74) is 0.969. The van der Waals surface area contributed by atoms with Crippen molar-refractivity contribution in [3.05, 3.63) is 98.6 Å². The van der Waals surface area contributed by atoms with Crippen molar-refractivity contribution in [2.45, 2.75) is 6.04 Å². The van der Waals surface area contributed by atoms with Gasteiger partial charge in [-0.25, -0.2) is 4.98 Å². The number of thiazole rings is 1. The molecule has 180 valence electrons. The van der Waals surface area contributed by atoms with Crippen LogP contribution >= 0.6 is 22.9 Å². The molecule has 1 aromatic heterocycles. The molecule has 11 heteroatoms. The molecule has 1 aliphatic heterocycles. The number of carbonyl (C=O) groups is 2. The number of aromatic nitrogens is 1. The van der Waals surface area contributed by atoms with Gasteiger partial charge in [0, 0.05) is 22.7 Å². The summed E-state index contributed by atoms with van der Waals surface area (Å²) >= 11 is 7.14. The summed E-state index contributed by atoms with van der Waals surface area (Å²) in [6.45, 7) is 0. The minimum absolute atomic E-state index is 0.152. The van der Waals surface area contributed by atoms with Crippen LogP contribution in [0.4, 0.5) is 10.8 Å². The van der Waals surface area contributed by atoms with Crippen LogP contribution < -0.4 is 9.64 Å². The van der Waals surface area contributed by atoms with Crippen molar-refractivity contribution in [2.75, 3.05) is 12.0 Å². The van der Waals surface area contributed by atoms with Crippen molar-refractivity contribution < 1.29 is 24.4 Å². The molecule has 1 atom stereocenters. The minimum Gasteiger partial charge on any atom is -0.507 e. The maximum absolute atomic E-state index is 13.3. The van der Waals surface area contributed by atoms with Gasteiger partial charge < -0.3 is 9.84 Å². The van der Waals surface area contributed by atoms with Crippen LogP contribution in [0, 0.1) is 10.1 Å². The molecule has 0 spiro atoms. The summed E-state index contributed by atoms with van der Waals surface area (Å²) in [6, 6.07) is 15.8. The average molecular weight is 522 g/mol. The molecule has 0 unspecified atom stereocenters. The summed E-state index contributed by atoms with van der Waals surface area (Å²) in [5.74, 6) is -1.56. The molecule has 1 aliphatic rings. The standard InChI is InChI=1S/C25H16ClN3O6S/c1-35-17-10-11-18-19(12-17)36-25(27-18)28-21(13-4-8-16(9-5-13)29(33)34)20(23(31)24(28)32)22(30)14-2-6-15(26)7-3-14/h2-12,21,30H,1H3/t21-/m0/s1. The molecule has 5 rings (SSSR count). The van der Waals surface area contributed by atoms with Crippen molar-refractivity contribution in [1.82, 2.24) is 4.98 Å². The Kier molecular flexibility index (Phi) is 5.91. The van der Waals surface area contributed by atoms with Gasteiger partial charge in [-0.15, -0.1) is 0 Å². The average Bonchev–Trinajstić information content (AvgIpc) is 3.41. The third kappa shape index (κ3) is 3.96. The molecule has 0 bridgehead atoms. The van der Waals surface area contributed by atoms with E-state index < -0.39 is 28.4 Å². The maximum Gasteiger partial charge on any atom is 0.301 e. The third-order valence-electron chi connectivity index (χ3n) is 5.77. The number of ether oxygens (including phenoxy) is 1. The lowest BCUT2D eigenvalue weighted by Crippen LogP contribution is -2.29. The number of benzene rings is 3. The van der Waals surface area contributed by atoms with E-state index in [9.17, 15) is 24.8 Å². The number of amides is 1. The molecule has 1 fully saturated rings. The number of aliphatic hydroxyl groups is 1. The summed E-state index contributed by atoms with van der Waals surface area (Å²) in [6.07, 6.45) is 0. The fourth-order valence-electron chi connectivity index (χ4n) is 4.01. The van der Waals surface area contributed by atoms with Gasteiger partial charge in [0.2, 0.25) is 0 Å². The summed E-state index contributed by atoms with van der Waals surface area (Å²) in [4.78, 5) is 42.9. The minimum atomic E-state index is -1.07. The zero-order valence-electron chi connectivity index (χ0n) is 18.5. The molecule has 9 nitrogen and oxygen atoms in total. The van der Waals surface area contributed by atoms with Crippen LogP contribution in [-0.4, -0.2) is 33.8 Å². The summed E-state index contributed by atoms with van der Waals surface area (Å²) in [5, 5.41) is 23.0. The van der Waals surface area contributed by atoms with Gasteiger partial charge in [-0.1, -0.05) is 22.9 Å². The number of aliphatic hydroxyl groups excluding tert-OH is 1. The quantitative estimate of drug-likeness (QED) is 0.121.